The van der Waals surface area contributed by atoms with E-state index in [9.17, 15) is 9.59 Å². The molecule has 11 heteroatoms. The normalized spacial score (nSPS) is 25.4. The summed E-state index contributed by atoms with van der Waals surface area (Å²) in [6.07, 6.45) is 4.42. The zero-order valence-electron chi connectivity index (χ0n) is 23.5. The molecular formula is C33H32Cl2FN5O3. The fourth-order valence-corrected chi connectivity index (χ4v) is 8.37. The van der Waals surface area contributed by atoms with Gasteiger partial charge in [-0.3, -0.25) is 9.69 Å². The number of aromatic nitrogens is 3. The average molecular weight is 637 g/mol. The zero-order chi connectivity index (χ0) is 29.8. The first kappa shape index (κ1) is 29.2. The van der Waals surface area contributed by atoms with Gasteiger partial charge in [0, 0.05) is 53.4 Å². The van der Waals surface area contributed by atoms with Crippen molar-refractivity contribution >= 4 is 51.8 Å². The van der Waals surface area contributed by atoms with Gasteiger partial charge in [-0.2, -0.15) is 0 Å². The van der Waals surface area contributed by atoms with Crippen LogP contribution in [0.1, 0.15) is 71.4 Å². The van der Waals surface area contributed by atoms with Gasteiger partial charge in [0.2, 0.25) is 5.91 Å². The quantitative estimate of drug-likeness (QED) is 0.195. The maximum Gasteiger partial charge on any atom is 0.338 e. The highest BCUT2D eigenvalue weighted by atomic mass is 35.5. The molecule has 1 saturated carbocycles. The summed E-state index contributed by atoms with van der Waals surface area (Å²) in [5.41, 5.74) is 3.28. The molecular weight excluding hydrogens is 604 g/mol. The third-order valence-electron chi connectivity index (χ3n) is 9.98. The van der Waals surface area contributed by atoms with Crippen molar-refractivity contribution in [2.75, 3.05) is 19.0 Å². The van der Waals surface area contributed by atoms with E-state index in [1.807, 2.05) is 19.1 Å². The first-order valence-corrected chi connectivity index (χ1v) is 15.3. The standard InChI is InChI=1S/C32H28Cl2FN5O3.CH4/c1-15-18(30(41)43-2)6-8-23-27(15)38-29-24-22(10-12-39(23)29)40(14-16-3-4-16)32(25(24)19-9-11-36-28(34)26(19)35)20-7-5-17(33)13-21(20)37-31(32)42;/h5-9,11,13,16,22,24-25H,3-4,10,12,14H2,1-2H3,(H,37,42);1H4/t22-,24+,25-,32+;/m0./s1. The SMILES string of the molecule is C.COC(=O)c1ccc2c(nc3n2CC[C@H]2[C@@H]3[C@H](c3ccnc(Cl)c3F)[C@]3(C(=O)Nc4cc(Cl)ccc43)N2CC2CC2)c1C. The van der Waals surface area contributed by atoms with Crippen LogP contribution in [0.3, 0.4) is 0 Å². The van der Waals surface area contributed by atoms with Gasteiger partial charge in [0.05, 0.1) is 23.7 Å². The second-order valence-corrected chi connectivity index (χ2v) is 12.9. The van der Waals surface area contributed by atoms with E-state index in [1.54, 1.807) is 24.3 Å². The molecule has 8 rings (SSSR count). The van der Waals surface area contributed by atoms with Crippen LogP contribution in [0.5, 0.6) is 0 Å². The molecule has 44 heavy (non-hydrogen) atoms. The van der Waals surface area contributed by atoms with Crippen molar-refractivity contribution in [3.8, 4) is 0 Å². The fraction of sp³-hybridized carbons (Fsp3) is 0.394. The van der Waals surface area contributed by atoms with Crippen LogP contribution in [-0.2, 0) is 21.6 Å². The summed E-state index contributed by atoms with van der Waals surface area (Å²) in [7, 11) is 1.36. The van der Waals surface area contributed by atoms with Gasteiger partial charge in [-0.25, -0.2) is 19.2 Å². The van der Waals surface area contributed by atoms with Gasteiger partial charge < -0.3 is 14.6 Å². The molecule has 1 N–H and O–H groups in total. The second-order valence-electron chi connectivity index (χ2n) is 12.1. The molecule has 2 fully saturated rings. The van der Waals surface area contributed by atoms with Crippen LogP contribution in [0, 0.1) is 18.7 Å². The van der Waals surface area contributed by atoms with Crippen LogP contribution < -0.4 is 5.32 Å². The summed E-state index contributed by atoms with van der Waals surface area (Å²) in [5.74, 6) is -1.07. The Morgan fingerprint density at radius 2 is 1.98 bits per heavy atom. The average Bonchev–Trinajstić information content (AvgIpc) is 3.57. The topological polar surface area (TPSA) is 89.3 Å². The number of nitrogens with one attached hydrogen (secondary N) is 1. The predicted molar refractivity (Wildman–Crippen MR) is 167 cm³/mol. The number of esters is 1. The number of aryl methyl sites for hydroxylation is 2. The molecule has 0 unspecified atom stereocenters. The molecule has 3 aliphatic heterocycles. The highest BCUT2D eigenvalue weighted by Crippen LogP contribution is 2.64. The Kier molecular flexibility index (Phi) is 6.81. The summed E-state index contributed by atoms with van der Waals surface area (Å²) in [6, 6.07) is 10.7. The van der Waals surface area contributed by atoms with Crippen molar-refractivity contribution in [1.29, 1.82) is 0 Å². The monoisotopic (exact) mass is 635 g/mol. The smallest absolute Gasteiger partial charge is 0.338 e. The van der Waals surface area contributed by atoms with Gasteiger partial charge in [-0.1, -0.05) is 36.7 Å². The van der Waals surface area contributed by atoms with Gasteiger partial charge in [0.1, 0.15) is 11.4 Å². The second kappa shape index (κ2) is 10.3. The van der Waals surface area contributed by atoms with Gasteiger partial charge >= 0.3 is 5.97 Å². The molecule has 1 saturated heterocycles. The van der Waals surface area contributed by atoms with Crippen LogP contribution in [0.2, 0.25) is 10.2 Å². The minimum Gasteiger partial charge on any atom is -0.465 e. The molecule has 1 amide bonds. The molecule has 4 aliphatic rings. The number of fused-ring (bicyclic) bond motifs is 7. The summed E-state index contributed by atoms with van der Waals surface area (Å²) >= 11 is 12.7. The number of nitrogens with zero attached hydrogens (tertiary/aromatic N) is 4. The molecule has 0 radical (unpaired) electrons. The maximum atomic E-state index is 16.2. The number of methoxy groups -OCH3 is 1. The van der Waals surface area contributed by atoms with Crippen molar-refractivity contribution in [2.24, 2.45) is 5.92 Å². The Bertz CT molecular complexity index is 1870. The number of carbonyl (C=O) groups is 2. The number of halogens is 3. The zero-order valence-corrected chi connectivity index (χ0v) is 25.0. The Morgan fingerprint density at radius 1 is 1.18 bits per heavy atom. The molecule has 4 aromatic rings. The Balaban J connectivity index is 0.00000312. The van der Waals surface area contributed by atoms with E-state index in [0.717, 1.165) is 41.7 Å². The maximum absolute atomic E-state index is 16.2. The minimum atomic E-state index is -1.22. The Labute approximate surface area is 264 Å². The summed E-state index contributed by atoms with van der Waals surface area (Å²) in [4.78, 5) is 38.6. The Hall–Kier alpha value is -3.53. The molecule has 1 spiro atoms. The molecule has 1 aliphatic carbocycles. The molecule has 4 atom stereocenters. The van der Waals surface area contributed by atoms with Gasteiger partial charge in [-0.05, 0) is 73.6 Å². The number of imidazole rings is 1. The first-order valence-electron chi connectivity index (χ1n) is 14.5. The van der Waals surface area contributed by atoms with E-state index in [4.69, 9.17) is 32.9 Å². The number of rotatable bonds is 4. The van der Waals surface area contributed by atoms with Crippen molar-refractivity contribution in [1.82, 2.24) is 19.4 Å². The lowest BCUT2D eigenvalue weighted by Crippen LogP contribution is -2.53. The van der Waals surface area contributed by atoms with Gasteiger partial charge in [0.15, 0.2) is 11.0 Å². The van der Waals surface area contributed by atoms with Crippen LogP contribution in [-0.4, -0.2) is 51.0 Å². The summed E-state index contributed by atoms with van der Waals surface area (Å²) in [5, 5.41) is 3.38. The van der Waals surface area contributed by atoms with Crippen molar-refractivity contribution < 1.29 is 18.7 Å². The molecule has 2 aromatic heterocycles. The van der Waals surface area contributed by atoms with Crippen LogP contribution in [0.4, 0.5) is 10.1 Å². The largest absolute Gasteiger partial charge is 0.465 e. The van der Waals surface area contributed by atoms with Crippen molar-refractivity contribution in [3.05, 3.63) is 86.7 Å². The highest BCUT2D eigenvalue weighted by Gasteiger charge is 2.69. The summed E-state index contributed by atoms with van der Waals surface area (Å²) < 4.78 is 23.4. The number of pyridine rings is 1. The number of carbonyl (C=O) groups excluding carboxylic acids is 2. The van der Waals surface area contributed by atoms with E-state index < -0.39 is 23.2 Å². The van der Waals surface area contributed by atoms with E-state index in [0.29, 0.717) is 46.4 Å². The van der Waals surface area contributed by atoms with E-state index >= 15 is 4.39 Å². The molecule has 5 heterocycles. The number of hydrogen-bond acceptors (Lipinski definition) is 6. The number of anilines is 1. The van der Waals surface area contributed by atoms with E-state index in [2.05, 4.69) is 19.8 Å². The van der Waals surface area contributed by atoms with E-state index in [1.165, 1.54) is 13.3 Å². The molecule has 0 bridgehead atoms. The van der Waals surface area contributed by atoms with Gasteiger partial charge in [0.25, 0.3) is 0 Å². The minimum absolute atomic E-state index is 0. The third kappa shape index (κ3) is 3.85. The molecule has 228 valence electrons. The number of amides is 1. The van der Waals surface area contributed by atoms with E-state index in [-0.39, 0.29) is 30.4 Å². The number of hydrogen-bond donors (Lipinski definition) is 1. The van der Waals surface area contributed by atoms with Crippen molar-refractivity contribution in [2.45, 2.75) is 63.6 Å². The predicted octanol–water partition coefficient (Wildman–Crippen LogP) is 6.82. The highest BCUT2D eigenvalue weighted by molar-refractivity contribution is 6.31. The van der Waals surface area contributed by atoms with Crippen LogP contribution in [0.15, 0.2) is 42.6 Å². The Morgan fingerprint density at radius 3 is 2.73 bits per heavy atom. The van der Waals surface area contributed by atoms with Crippen LogP contribution >= 0.6 is 23.2 Å². The summed E-state index contributed by atoms with van der Waals surface area (Å²) in [6.45, 7) is 3.24. The lowest BCUT2D eigenvalue weighted by Gasteiger charge is -2.40. The number of benzene rings is 2. The lowest BCUT2D eigenvalue weighted by molar-refractivity contribution is -0.128. The third-order valence-corrected chi connectivity index (χ3v) is 10.5. The van der Waals surface area contributed by atoms with Crippen LogP contribution in [0.25, 0.3) is 11.0 Å². The van der Waals surface area contributed by atoms with Gasteiger partial charge in [-0.15, -0.1) is 0 Å². The van der Waals surface area contributed by atoms with Crippen molar-refractivity contribution in [3.63, 3.8) is 0 Å². The number of likely N-dealkylation sites (tertiary alicyclic amines) is 1. The number of ether oxygens (including phenoxy) is 1. The molecule has 2 aromatic carbocycles. The lowest BCUT2D eigenvalue weighted by atomic mass is 9.70. The first-order chi connectivity index (χ1) is 20.7. The fourth-order valence-electron chi connectivity index (χ4n) is 8.03. The molecule has 8 nitrogen and oxygen atoms in total.